The number of fused-ring (bicyclic) bond motifs is 1. The molecular weight excluding hydrogens is 198 g/mol. The third kappa shape index (κ3) is 1.70. The summed E-state index contributed by atoms with van der Waals surface area (Å²) in [6, 6.07) is 2.03. The second kappa shape index (κ2) is 3.89. The normalized spacial score (nSPS) is 17.3. The lowest BCUT2D eigenvalue weighted by Crippen LogP contribution is -2.00. The largest absolute Gasteiger partial charge is 0.340 e. The molecule has 0 spiro atoms. The fraction of sp³-hybridized carbons (Fsp3) is 0.538. The lowest BCUT2D eigenvalue weighted by atomic mass is 10.0. The zero-order valence-electron chi connectivity index (χ0n) is 9.66. The van der Waals surface area contributed by atoms with Gasteiger partial charge in [-0.1, -0.05) is 25.7 Å². The Bertz CT molecular complexity index is 495. The van der Waals surface area contributed by atoms with Crippen LogP contribution in [0.5, 0.6) is 0 Å². The Morgan fingerprint density at radius 1 is 1.38 bits per heavy atom. The number of aromatic nitrogens is 3. The summed E-state index contributed by atoms with van der Waals surface area (Å²) in [6.07, 6.45) is 8.44. The Labute approximate surface area is 95.3 Å². The fourth-order valence-electron chi connectivity index (χ4n) is 2.67. The van der Waals surface area contributed by atoms with Gasteiger partial charge in [0.15, 0.2) is 5.65 Å². The first-order chi connectivity index (χ1) is 7.83. The zero-order valence-corrected chi connectivity index (χ0v) is 9.66. The molecule has 1 saturated carbocycles. The van der Waals surface area contributed by atoms with Crippen LogP contribution in [0, 0.1) is 12.8 Å². The minimum Gasteiger partial charge on any atom is -0.340 e. The van der Waals surface area contributed by atoms with Crippen LogP contribution in [0.3, 0.4) is 0 Å². The monoisotopic (exact) mass is 215 g/mol. The summed E-state index contributed by atoms with van der Waals surface area (Å²) >= 11 is 0. The molecular formula is C13H17N3. The van der Waals surface area contributed by atoms with Gasteiger partial charge in [-0.05, 0) is 24.5 Å². The third-order valence-corrected chi connectivity index (χ3v) is 3.61. The van der Waals surface area contributed by atoms with Gasteiger partial charge >= 0.3 is 0 Å². The number of pyridine rings is 1. The molecule has 0 saturated heterocycles. The molecule has 2 aromatic rings. The number of hydrogen-bond donors (Lipinski definition) is 1. The van der Waals surface area contributed by atoms with E-state index in [1.807, 2.05) is 12.3 Å². The number of nitrogens with zero attached hydrogens (tertiary/aromatic N) is 2. The van der Waals surface area contributed by atoms with Crippen LogP contribution in [0.1, 0.15) is 37.1 Å². The van der Waals surface area contributed by atoms with Crippen LogP contribution in [0.15, 0.2) is 12.3 Å². The summed E-state index contributed by atoms with van der Waals surface area (Å²) in [5, 5.41) is 0. The predicted octanol–water partition coefficient (Wildman–Crippen LogP) is 3.00. The first kappa shape index (κ1) is 9.82. The van der Waals surface area contributed by atoms with Crippen LogP contribution in [0.25, 0.3) is 11.2 Å². The first-order valence-electron chi connectivity index (χ1n) is 6.13. The molecule has 2 heterocycles. The maximum atomic E-state index is 4.57. The highest BCUT2D eigenvalue weighted by atomic mass is 15.0. The number of hydrogen-bond acceptors (Lipinski definition) is 2. The molecule has 0 amide bonds. The summed E-state index contributed by atoms with van der Waals surface area (Å²) in [4.78, 5) is 12.3. The number of H-pyrrole nitrogens is 1. The molecule has 1 aliphatic carbocycles. The van der Waals surface area contributed by atoms with Crippen molar-refractivity contribution in [1.82, 2.24) is 15.0 Å². The Balaban J connectivity index is 1.90. The van der Waals surface area contributed by atoms with Crippen molar-refractivity contribution in [2.45, 2.75) is 39.0 Å². The highest BCUT2D eigenvalue weighted by Crippen LogP contribution is 2.27. The molecule has 16 heavy (non-hydrogen) atoms. The molecule has 3 heteroatoms. The van der Waals surface area contributed by atoms with Gasteiger partial charge in [0.1, 0.15) is 5.82 Å². The van der Waals surface area contributed by atoms with Crippen molar-refractivity contribution >= 4 is 11.2 Å². The Hall–Kier alpha value is -1.38. The molecule has 1 aliphatic rings. The van der Waals surface area contributed by atoms with Crippen LogP contribution in [0.2, 0.25) is 0 Å². The minimum absolute atomic E-state index is 0.834. The molecule has 3 nitrogen and oxygen atoms in total. The molecule has 84 valence electrons. The first-order valence-corrected chi connectivity index (χ1v) is 6.13. The van der Waals surface area contributed by atoms with Crippen LogP contribution in [-0.2, 0) is 6.42 Å². The fourth-order valence-corrected chi connectivity index (χ4v) is 2.67. The van der Waals surface area contributed by atoms with Crippen molar-refractivity contribution in [1.29, 1.82) is 0 Å². The van der Waals surface area contributed by atoms with E-state index in [0.29, 0.717) is 0 Å². The molecule has 1 fully saturated rings. The van der Waals surface area contributed by atoms with Gasteiger partial charge < -0.3 is 4.98 Å². The van der Waals surface area contributed by atoms with Crippen molar-refractivity contribution in [3.05, 3.63) is 23.7 Å². The average Bonchev–Trinajstić information content (AvgIpc) is 2.88. The molecule has 0 atom stereocenters. The van der Waals surface area contributed by atoms with Gasteiger partial charge in [0, 0.05) is 12.6 Å². The van der Waals surface area contributed by atoms with Crippen LogP contribution >= 0.6 is 0 Å². The molecule has 0 bridgehead atoms. The molecule has 0 aromatic carbocycles. The maximum Gasteiger partial charge on any atom is 0.177 e. The Morgan fingerprint density at radius 3 is 2.94 bits per heavy atom. The minimum atomic E-state index is 0.834. The van der Waals surface area contributed by atoms with Gasteiger partial charge in [0.2, 0.25) is 0 Å². The molecule has 0 aliphatic heterocycles. The van der Waals surface area contributed by atoms with Gasteiger partial charge in [-0.3, -0.25) is 0 Å². The van der Waals surface area contributed by atoms with Crippen LogP contribution in [0.4, 0.5) is 0 Å². The number of aryl methyl sites for hydroxylation is 1. The summed E-state index contributed by atoms with van der Waals surface area (Å²) < 4.78 is 0. The van der Waals surface area contributed by atoms with E-state index in [1.165, 1.54) is 31.2 Å². The lowest BCUT2D eigenvalue weighted by molar-refractivity contribution is 0.534. The van der Waals surface area contributed by atoms with Crippen molar-refractivity contribution in [2.75, 3.05) is 0 Å². The maximum absolute atomic E-state index is 4.57. The quantitative estimate of drug-likeness (QED) is 0.836. The molecule has 2 aromatic heterocycles. The second-order valence-corrected chi connectivity index (χ2v) is 4.86. The Kier molecular flexibility index (Phi) is 2.39. The van der Waals surface area contributed by atoms with Crippen molar-refractivity contribution in [3.8, 4) is 0 Å². The van der Waals surface area contributed by atoms with E-state index in [9.17, 15) is 0 Å². The molecule has 0 radical (unpaired) electrons. The van der Waals surface area contributed by atoms with E-state index in [-0.39, 0.29) is 0 Å². The van der Waals surface area contributed by atoms with Crippen molar-refractivity contribution in [2.24, 2.45) is 5.92 Å². The molecule has 0 unspecified atom stereocenters. The summed E-state index contributed by atoms with van der Waals surface area (Å²) in [6.45, 7) is 2.10. The highest BCUT2D eigenvalue weighted by Gasteiger charge is 2.17. The van der Waals surface area contributed by atoms with E-state index in [1.54, 1.807) is 0 Å². The summed E-state index contributed by atoms with van der Waals surface area (Å²) in [7, 11) is 0. The molecule has 3 rings (SSSR count). The van der Waals surface area contributed by atoms with E-state index in [0.717, 1.165) is 29.3 Å². The highest BCUT2D eigenvalue weighted by molar-refractivity contribution is 5.74. The number of aromatic amines is 1. The summed E-state index contributed by atoms with van der Waals surface area (Å²) in [5.41, 5.74) is 3.21. The molecule has 1 N–H and O–H groups in total. The number of nitrogens with one attached hydrogen (secondary N) is 1. The van der Waals surface area contributed by atoms with Crippen LogP contribution in [-0.4, -0.2) is 15.0 Å². The van der Waals surface area contributed by atoms with Crippen LogP contribution < -0.4 is 0 Å². The van der Waals surface area contributed by atoms with Gasteiger partial charge in [-0.25, -0.2) is 9.97 Å². The van der Waals surface area contributed by atoms with Gasteiger partial charge in [-0.15, -0.1) is 0 Å². The smallest absolute Gasteiger partial charge is 0.177 e. The number of rotatable bonds is 2. The van der Waals surface area contributed by atoms with E-state index in [2.05, 4.69) is 21.9 Å². The van der Waals surface area contributed by atoms with E-state index in [4.69, 9.17) is 0 Å². The Morgan fingerprint density at radius 2 is 2.19 bits per heavy atom. The van der Waals surface area contributed by atoms with Gasteiger partial charge in [0.25, 0.3) is 0 Å². The van der Waals surface area contributed by atoms with E-state index < -0.39 is 0 Å². The lowest BCUT2D eigenvalue weighted by Gasteiger charge is -2.04. The van der Waals surface area contributed by atoms with Crippen molar-refractivity contribution < 1.29 is 0 Å². The SMILES string of the molecule is Cc1ccnc2nc(CC3CCCC3)[nH]c12. The van der Waals surface area contributed by atoms with Gasteiger partial charge in [0.05, 0.1) is 5.52 Å². The number of imidazole rings is 1. The standard InChI is InChI=1S/C13H17N3/c1-9-6-7-14-13-12(9)15-11(16-13)8-10-4-2-3-5-10/h6-7,10H,2-5,8H2,1H3,(H,14,15,16). The average molecular weight is 215 g/mol. The third-order valence-electron chi connectivity index (χ3n) is 3.61. The second-order valence-electron chi connectivity index (χ2n) is 4.86. The van der Waals surface area contributed by atoms with E-state index >= 15 is 0 Å². The van der Waals surface area contributed by atoms with Gasteiger partial charge in [-0.2, -0.15) is 0 Å². The topological polar surface area (TPSA) is 41.6 Å². The van der Waals surface area contributed by atoms with Crippen molar-refractivity contribution in [3.63, 3.8) is 0 Å². The summed E-state index contributed by atoms with van der Waals surface area (Å²) in [5.74, 6) is 1.95. The zero-order chi connectivity index (χ0) is 11.0. The predicted molar refractivity (Wildman–Crippen MR) is 64.3 cm³/mol.